The number of benzene rings is 3. The average Bonchev–Trinajstić information content (AvgIpc) is 2.98. The van der Waals surface area contributed by atoms with Crippen molar-refractivity contribution in [3.05, 3.63) is 88.0 Å². The highest BCUT2D eigenvalue weighted by Gasteiger charge is 2.33. The van der Waals surface area contributed by atoms with Gasteiger partial charge in [-0.2, -0.15) is 0 Å². The van der Waals surface area contributed by atoms with Crippen LogP contribution < -0.4 is 19.1 Å². The lowest BCUT2D eigenvalue weighted by atomic mass is 10.1. The first-order chi connectivity index (χ1) is 19.9. The number of carbonyl (C=O) groups is 2. The summed E-state index contributed by atoms with van der Waals surface area (Å²) in [5.74, 6) is -0.0776. The highest BCUT2D eigenvalue weighted by atomic mass is 32.2. The predicted molar refractivity (Wildman–Crippen MR) is 157 cm³/mol. The molecule has 3 aromatic carbocycles. The van der Waals surface area contributed by atoms with Crippen LogP contribution in [-0.2, 0) is 26.2 Å². The maximum absolute atomic E-state index is 14.0. The van der Waals surface area contributed by atoms with E-state index >= 15 is 0 Å². The van der Waals surface area contributed by atoms with Crippen LogP contribution in [0, 0.1) is 17.0 Å². The summed E-state index contributed by atoms with van der Waals surface area (Å²) in [6.45, 7) is 4.43. The Morgan fingerprint density at radius 2 is 1.67 bits per heavy atom. The standard InChI is InChI=1S/C29H34N4O8S/c1-6-30-29(35)21(3)31(18-22-8-7-9-25(16-22)41-5)28(34)19-32(23-11-13-24(40-4)14-12-23)42(38,39)26-15-10-20(2)27(17-26)33(36)37/h7-17,21H,6,18-19H2,1-5H3,(H,30,35)/t21-/m0/s1. The predicted octanol–water partition coefficient (Wildman–Crippen LogP) is 3.67. The van der Waals surface area contributed by atoms with E-state index in [4.69, 9.17) is 9.47 Å². The fraction of sp³-hybridized carbons (Fsp3) is 0.310. The Kier molecular flexibility index (Phi) is 10.5. The van der Waals surface area contributed by atoms with Gasteiger partial charge in [-0.3, -0.25) is 24.0 Å². The molecule has 0 aliphatic rings. The molecule has 1 atom stereocenters. The average molecular weight is 599 g/mol. The maximum Gasteiger partial charge on any atom is 0.273 e. The van der Waals surface area contributed by atoms with E-state index in [0.29, 0.717) is 23.6 Å². The van der Waals surface area contributed by atoms with Crippen molar-refractivity contribution in [3.8, 4) is 11.5 Å². The number of amides is 2. The highest BCUT2D eigenvalue weighted by molar-refractivity contribution is 7.92. The van der Waals surface area contributed by atoms with E-state index in [0.717, 1.165) is 10.4 Å². The van der Waals surface area contributed by atoms with Gasteiger partial charge in [0.05, 0.1) is 29.7 Å². The van der Waals surface area contributed by atoms with Crippen molar-refractivity contribution in [3.63, 3.8) is 0 Å². The van der Waals surface area contributed by atoms with Crippen LogP contribution in [0.5, 0.6) is 11.5 Å². The number of rotatable bonds is 13. The van der Waals surface area contributed by atoms with Crippen molar-refractivity contribution in [1.82, 2.24) is 10.2 Å². The number of ether oxygens (including phenoxy) is 2. The van der Waals surface area contributed by atoms with Crippen LogP contribution in [0.2, 0.25) is 0 Å². The van der Waals surface area contributed by atoms with Crippen LogP contribution in [0.1, 0.15) is 25.0 Å². The summed E-state index contributed by atoms with van der Waals surface area (Å²) in [4.78, 5) is 38.6. The molecule has 13 heteroatoms. The Balaban J connectivity index is 2.09. The summed E-state index contributed by atoms with van der Waals surface area (Å²) in [6, 6.07) is 15.6. The molecule has 1 N–H and O–H groups in total. The maximum atomic E-state index is 14.0. The first-order valence-corrected chi connectivity index (χ1v) is 14.5. The van der Waals surface area contributed by atoms with Gasteiger partial charge in [-0.1, -0.05) is 18.2 Å². The van der Waals surface area contributed by atoms with E-state index in [9.17, 15) is 28.1 Å². The topological polar surface area (TPSA) is 148 Å². The molecule has 0 saturated heterocycles. The molecule has 0 aliphatic carbocycles. The summed E-state index contributed by atoms with van der Waals surface area (Å²) < 4.78 is 39.3. The Morgan fingerprint density at radius 1 is 1.00 bits per heavy atom. The Bertz CT molecular complexity index is 1540. The highest BCUT2D eigenvalue weighted by Crippen LogP contribution is 2.29. The monoisotopic (exact) mass is 598 g/mol. The molecule has 3 aromatic rings. The molecule has 0 aliphatic heterocycles. The molecule has 0 unspecified atom stereocenters. The molecule has 12 nitrogen and oxygen atoms in total. The third kappa shape index (κ3) is 7.35. The number of nitrogens with zero attached hydrogens (tertiary/aromatic N) is 3. The van der Waals surface area contributed by atoms with E-state index in [1.165, 1.54) is 62.4 Å². The first-order valence-electron chi connectivity index (χ1n) is 13.0. The van der Waals surface area contributed by atoms with Gasteiger partial charge in [0.15, 0.2) is 0 Å². The Morgan fingerprint density at radius 3 is 2.26 bits per heavy atom. The summed E-state index contributed by atoms with van der Waals surface area (Å²) in [6.07, 6.45) is 0. The van der Waals surface area contributed by atoms with Crippen LogP contribution in [-0.4, -0.2) is 63.4 Å². The molecule has 3 rings (SSSR count). The van der Waals surface area contributed by atoms with Gasteiger partial charge in [-0.25, -0.2) is 8.42 Å². The van der Waals surface area contributed by atoms with Gasteiger partial charge in [0.1, 0.15) is 24.1 Å². The van der Waals surface area contributed by atoms with Crippen LogP contribution in [0.4, 0.5) is 11.4 Å². The fourth-order valence-corrected chi connectivity index (χ4v) is 5.66. The zero-order chi connectivity index (χ0) is 31.0. The van der Waals surface area contributed by atoms with E-state index < -0.39 is 39.3 Å². The molecule has 0 spiro atoms. The second-order valence-corrected chi connectivity index (χ2v) is 11.2. The Labute approximate surface area is 245 Å². The minimum atomic E-state index is -4.49. The van der Waals surface area contributed by atoms with Crippen molar-refractivity contribution < 1.29 is 32.4 Å². The number of hydrogen-bond donors (Lipinski definition) is 1. The number of anilines is 1. The molecule has 0 heterocycles. The first kappa shape index (κ1) is 31.9. The molecule has 0 saturated carbocycles. The van der Waals surface area contributed by atoms with Crippen molar-refractivity contribution in [2.45, 2.75) is 38.3 Å². The van der Waals surface area contributed by atoms with Gasteiger partial charge in [0, 0.05) is 24.7 Å². The summed E-state index contributed by atoms with van der Waals surface area (Å²) in [7, 11) is -1.53. The van der Waals surface area contributed by atoms with Crippen LogP contribution >= 0.6 is 0 Å². The van der Waals surface area contributed by atoms with Crippen molar-refractivity contribution >= 4 is 33.2 Å². The minimum Gasteiger partial charge on any atom is -0.497 e. The largest absolute Gasteiger partial charge is 0.497 e. The second kappa shape index (κ2) is 13.8. The second-order valence-electron chi connectivity index (χ2n) is 9.36. The molecule has 2 amide bonds. The molecular formula is C29H34N4O8S. The molecule has 0 radical (unpaired) electrons. The van der Waals surface area contributed by atoms with Gasteiger partial charge < -0.3 is 19.7 Å². The molecule has 0 bridgehead atoms. The molecular weight excluding hydrogens is 564 g/mol. The number of aryl methyl sites for hydroxylation is 1. The van der Waals surface area contributed by atoms with Crippen LogP contribution in [0.25, 0.3) is 0 Å². The number of hydrogen-bond acceptors (Lipinski definition) is 8. The lowest BCUT2D eigenvalue weighted by Gasteiger charge is -2.32. The Hall–Kier alpha value is -4.65. The lowest BCUT2D eigenvalue weighted by molar-refractivity contribution is -0.385. The number of nitro groups is 1. The number of sulfonamides is 1. The normalized spacial score (nSPS) is 11.7. The fourth-order valence-electron chi connectivity index (χ4n) is 4.22. The molecule has 0 aromatic heterocycles. The lowest BCUT2D eigenvalue weighted by Crippen LogP contribution is -2.51. The summed E-state index contributed by atoms with van der Waals surface area (Å²) in [5.41, 5.74) is 0.694. The molecule has 0 fully saturated rings. The van der Waals surface area contributed by atoms with Gasteiger partial charge in [0.2, 0.25) is 11.8 Å². The number of nitrogens with one attached hydrogen (secondary N) is 1. The van der Waals surface area contributed by atoms with Gasteiger partial charge in [-0.15, -0.1) is 0 Å². The van der Waals surface area contributed by atoms with Crippen LogP contribution in [0.3, 0.4) is 0 Å². The SMILES string of the molecule is CCNC(=O)[C@H](C)N(Cc1cccc(OC)c1)C(=O)CN(c1ccc(OC)cc1)S(=O)(=O)c1ccc(C)c([N+](=O)[O-])c1. The van der Waals surface area contributed by atoms with Gasteiger partial charge in [-0.05, 0) is 68.8 Å². The van der Waals surface area contributed by atoms with E-state index in [1.54, 1.807) is 38.1 Å². The van der Waals surface area contributed by atoms with Gasteiger partial charge in [0.25, 0.3) is 15.7 Å². The molecule has 42 heavy (non-hydrogen) atoms. The number of methoxy groups -OCH3 is 2. The van der Waals surface area contributed by atoms with E-state index in [2.05, 4.69) is 5.32 Å². The minimum absolute atomic E-state index is 0.0131. The smallest absolute Gasteiger partial charge is 0.273 e. The molecule has 224 valence electrons. The van der Waals surface area contributed by atoms with E-state index in [-0.39, 0.29) is 28.4 Å². The zero-order valence-corrected chi connectivity index (χ0v) is 24.9. The zero-order valence-electron chi connectivity index (χ0n) is 24.1. The van der Waals surface area contributed by atoms with Gasteiger partial charge >= 0.3 is 0 Å². The summed E-state index contributed by atoms with van der Waals surface area (Å²) in [5, 5.41) is 14.3. The number of carbonyl (C=O) groups excluding carboxylic acids is 2. The number of likely N-dealkylation sites (N-methyl/N-ethyl adjacent to an activating group) is 1. The van der Waals surface area contributed by atoms with Crippen molar-refractivity contribution in [2.24, 2.45) is 0 Å². The van der Waals surface area contributed by atoms with E-state index in [1.807, 2.05) is 0 Å². The number of nitro benzene ring substituents is 1. The van der Waals surface area contributed by atoms with Crippen LogP contribution in [0.15, 0.2) is 71.6 Å². The quantitative estimate of drug-likeness (QED) is 0.231. The van der Waals surface area contributed by atoms with Crippen molar-refractivity contribution in [2.75, 3.05) is 31.6 Å². The third-order valence-electron chi connectivity index (χ3n) is 6.61. The third-order valence-corrected chi connectivity index (χ3v) is 8.38. The summed E-state index contributed by atoms with van der Waals surface area (Å²) >= 11 is 0. The van der Waals surface area contributed by atoms with Crippen molar-refractivity contribution in [1.29, 1.82) is 0 Å².